The van der Waals surface area contributed by atoms with Crippen LogP contribution in [0.5, 0.6) is 0 Å². The number of rotatable bonds is 4. The zero-order valence-corrected chi connectivity index (χ0v) is 16.3. The maximum absolute atomic E-state index is 12.5. The first kappa shape index (κ1) is 16.7. The highest BCUT2D eigenvalue weighted by Crippen LogP contribution is 2.24. The number of piperidine rings is 1. The van der Waals surface area contributed by atoms with E-state index in [0.29, 0.717) is 24.2 Å². The van der Waals surface area contributed by atoms with Crippen LogP contribution in [0, 0.1) is 13.1 Å². The summed E-state index contributed by atoms with van der Waals surface area (Å²) in [6, 6.07) is 6.70. The summed E-state index contributed by atoms with van der Waals surface area (Å²) in [5.74, 6) is 0.825. The number of carbonyl (C=O) groups is 1. The third-order valence-electron chi connectivity index (χ3n) is 3.94. The van der Waals surface area contributed by atoms with Gasteiger partial charge in [-0.25, -0.2) is 0 Å². The average molecular weight is 497 g/mol. The highest BCUT2D eigenvalue weighted by Gasteiger charge is 2.24. The molecule has 0 unspecified atom stereocenters. The lowest BCUT2D eigenvalue weighted by molar-refractivity contribution is 0.0890. The Labute approximate surface area is 149 Å². The fourth-order valence-electron chi connectivity index (χ4n) is 2.83. The molecule has 20 heavy (non-hydrogen) atoms. The van der Waals surface area contributed by atoms with E-state index in [1.54, 1.807) is 0 Å². The first-order valence-corrected chi connectivity index (χ1v) is 9.35. The summed E-state index contributed by atoms with van der Waals surface area (Å²) in [5, 5.41) is 0. The SMILES string of the molecule is CC(C)N1CCC[C@@H](CC(=O)c2cc(I)cc(I)c2)C1. The maximum Gasteiger partial charge on any atom is 0.163 e. The van der Waals surface area contributed by atoms with Gasteiger partial charge in [0.05, 0.1) is 0 Å². The number of ketones is 1. The fourth-order valence-corrected chi connectivity index (χ4v) is 4.77. The Bertz CT molecular complexity index is 467. The Balaban J connectivity index is 2.00. The second-order valence-electron chi connectivity index (χ2n) is 5.88. The van der Waals surface area contributed by atoms with Crippen molar-refractivity contribution in [2.24, 2.45) is 5.92 Å². The number of hydrogen-bond donors (Lipinski definition) is 0. The summed E-state index contributed by atoms with van der Waals surface area (Å²) < 4.78 is 2.29. The summed E-state index contributed by atoms with van der Waals surface area (Å²) in [6.45, 7) is 6.74. The van der Waals surface area contributed by atoms with Gasteiger partial charge in [0.25, 0.3) is 0 Å². The van der Waals surface area contributed by atoms with Gasteiger partial charge in [0.2, 0.25) is 0 Å². The van der Waals surface area contributed by atoms with Crippen LogP contribution in [0.15, 0.2) is 18.2 Å². The van der Waals surface area contributed by atoms with Crippen LogP contribution in [0.3, 0.4) is 0 Å². The lowest BCUT2D eigenvalue weighted by atomic mass is 9.90. The summed E-state index contributed by atoms with van der Waals surface area (Å²) in [5.41, 5.74) is 0.878. The summed E-state index contributed by atoms with van der Waals surface area (Å²) >= 11 is 4.56. The molecule has 1 aromatic carbocycles. The molecular formula is C16H21I2NO. The molecule has 4 heteroatoms. The summed E-state index contributed by atoms with van der Waals surface area (Å²) in [7, 11) is 0. The molecule has 0 aliphatic carbocycles. The standard InChI is InChI=1S/C16H21I2NO/c1-11(2)19-5-3-4-12(10-19)6-16(20)13-7-14(17)9-15(18)8-13/h7-9,11-12H,3-6,10H2,1-2H3/t12-/m0/s1. The Hall–Kier alpha value is 0.310. The number of likely N-dealkylation sites (tertiary alicyclic amines) is 1. The van der Waals surface area contributed by atoms with Crippen LogP contribution in [-0.2, 0) is 0 Å². The van der Waals surface area contributed by atoms with Crippen LogP contribution < -0.4 is 0 Å². The van der Waals surface area contributed by atoms with Gasteiger partial charge in [-0.15, -0.1) is 0 Å². The van der Waals surface area contributed by atoms with Crippen molar-refractivity contribution >= 4 is 51.0 Å². The highest BCUT2D eigenvalue weighted by atomic mass is 127. The Kier molecular flexibility index (Phi) is 6.28. The molecule has 0 amide bonds. The van der Waals surface area contributed by atoms with Crippen LogP contribution in [0.25, 0.3) is 0 Å². The first-order valence-electron chi connectivity index (χ1n) is 7.19. The van der Waals surface area contributed by atoms with Crippen molar-refractivity contribution in [1.82, 2.24) is 4.90 Å². The van der Waals surface area contributed by atoms with Gasteiger partial charge in [-0.2, -0.15) is 0 Å². The average Bonchev–Trinajstić information content (AvgIpc) is 2.37. The molecule has 1 aliphatic rings. The molecule has 0 aromatic heterocycles. The molecule has 1 saturated heterocycles. The van der Waals surface area contributed by atoms with E-state index < -0.39 is 0 Å². The van der Waals surface area contributed by atoms with Gasteiger partial charge in [0, 0.05) is 31.7 Å². The van der Waals surface area contributed by atoms with E-state index in [1.807, 2.05) is 12.1 Å². The van der Waals surface area contributed by atoms with E-state index in [1.165, 1.54) is 19.4 Å². The van der Waals surface area contributed by atoms with Gasteiger partial charge >= 0.3 is 0 Å². The van der Waals surface area contributed by atoms with E-state index in [4.69, 9.17) is 0 Å². The maximum atomic E-state index is 12.5. The molecule has 1 aliphatic heterocycles. The van der Waals surface area contributed by atoms with Crippen molar-refractivity contribution < 1.29 is 4.79 Å². The first-order chi connectivity index (χ1) is 9.45. The molecular weight excluding hydrogens is 476 g/mol. The van der Waals surface area contributed by atoms with Gasteiger partial charge < -0.3 is 4.90 Å². The quantitative estimate of drug-likeness (QED) is 0.449. The molecule has 110 valence electrons. The number of Topliss-reactive ketones (excluding diaryl/α,β-unsaturated/α-hetero) is 1. The molecule has 0 radical (unpaired) electrons. The van der Waals surface area contributed by atoms with Crippen LogP contribution in [0.4, 0.5) is 0 Å². The number of nitrogens with zero attached hydrogens (tertiary/aromatic N) is 1. The third-order valence-corrected chi connectivity index (χ3v) is 5.18. The van der Waals surface area contributed by atoms with Crippen LogP contribution in [-0.4, -0.2) is 29.8 Å². The molecule has 0 spiro atoms. The van der Waals surface area contributed by atoms with Crippen LogP contribution in [0.1, 0.15) is 43.5 Å². The number of carbonyl (C=O) groups excluding carboxylic acids is 1. The largest absolute Gasteiger partial charge is 0.301 e. The fraction of sp³-hybridized carbons (Fsp3) is 0.562. The molecule has 1 atom stereocenters. The molecule has 1 fully saturated rings. The van der Waals surface area contributed by atoms with Gasteiger partial charge in [-0.1, -0.05) is 0 Å². The summed E-state index contributed by atoms with van der Waals surface area (Å²) in [4.78, 5) is 15.0. The second-order valence-corrected chi connectivity index (χ2v) is 8.37. The third kappa shape index (κ3) is 4.66. The van der Waals surface area contributed by atoms with Crippen molar-refractivity contribution in [3.63, 3.8) is 0 Å². The van der Waals surface area contributed by atoms with E-state index in [-0.39, 0.29) is 0 Å². The van der Waals surface area contributed by atoms with Crippen molar-refractivity contribution in [2.75, 3.05) is 13.1 Å². The van der Waals surface area contributed by atoms with Crippen LogP contribution in [0.2, 0.25) is 0 Å². The molecule has 0 N–H and O–H groups in total. The van der Waals surface area contributed by atoms with E-state index in [2.05, 4.69) is 70.0 Å². The smallest absolute Gasteiger partial charge is 0.163 e. The van der Waals surface area contributed by atoms with Crippen molar-refractivity contribution in [3.8, 4) is 0 Å². The molecule has 0 saturated carbocycles. The molecule has 0 bridgehead atoms. The Morgan fingerprint density at radius 3 is 2.55 bits per heavy atom. The number of hydrogen-bond acceptors (Lipinski definition) is 2. The van der Waals surface area contributed by atoms with Crippen LogP contribution >= 0.6 is 45.2 Å². The van der Waals surface area contributed by atoms with Gasteiger partial charge in [-0.3, -0.25) is 4.79 Å². The van der Waals surface area contributed by atoms with E-state index >= 15 is 0 Å². The van der Waals surface area contributed by atoms with E-state index in [9.17, 15) is 4.79 Å². The Morgan fingerprint density at radius 2 is 1.95 bits per heavy atom. The zero-order valence-electron chi connectivity index (χ0n) is 12.0. The molecule has 1 aromatic rings. The van der Waals surface area contributed by atoms with E-state index in [0.717, 1.165) is 19.2 Å². The Morgan fingerprint density at radius 1 is 1.30 bits per heavy atom. The lowest BCUT2D eigenvalue weighted by Gasteiger charge is -2.35. The minimum atomic E-state index is 0.303. The van der Waals surface area contributed by atoms with Gasteiger partial charge in [0.1, 0.15) is 0 Å². The zero-order chi connectivity index (χ0) is 14.7. The summed E-state index contributed by atoms with van der Waals surface area (Å²) in [6.07, 6.45) is 3.11. The topological polar surface area (TPSA) is 20.3 Å². The van der Waals surface area contributed by atoms with Crippen molar-refractivity contribution in [3.05, 3.63) is 30.9 Å². The minimum absolute atomic E-state index is 0.303. The highest BCUT2D eigenvalue weighted by molar-refractivity contribution is 14.1. The lowest BCUT2D eigenvalue weighted by Crippen LogP contribution is -2.40. The van der Waals surface area contributed by atoms with Gasteiger partial charge in [0.15, 0.2) is 5.78 Å². The van der Waals surface area contributed by atoms with Gasteiger partial charge in [-0.05, 0) is 103 Å². The number of benzene rings is 1. The molecule has 1 heterocycles. The predicted octanol–water partition coefficient (Wildman–Crippen LogP) is 4.59. The monoisotopic (exact) mass is 497 g/mol. The normalized spacial score (nSPS) is 20.4. The second kappa shape index (κ2) is 7.54. The molecule has 2 nitrogen and oxygen atoms in total. The van der Waals surface area contributed by atoms with Crippen molar-refractivity contribution in [2.45, 2.75) is 39.2 Å². The number of halogens is 2. The molecule has 2 rings (SSSR count). The van der Waals surface area contributed by atoms with Crippen molar-refractivity contribution in [1.29, 1.82) is 0 Å². The minimum Gasteiger partial charge on any atom is -0.301 e. The predicted molar refractivity (Wildman–Crippen MR) is 100 cm³/mol.